The molecule has 1 unspecified atom stereocenters. The number of hydrogen-bond donors (Lipinski definition) is 2. The van der Waals surface area contributed by atoms with Crippen LogP contribution < -0.4 is 5.32 Å². The van der Waals surface area contributed by atoms with Gasteiger partial charge in [-0.2, -0.15) is 0 Å². The van der Waals surface area contributed by atoms with Gasteiger partial charge >= 0.3 is 5.97 Å². The molecule has 0 aromatic heterocycles. The third kappa shape index (κ3) is 5.03. The van der Waals surface area contributed by atoms with Gasteiger partial charge in [0, 0.05) is 13.0 Å². The molecule has 4 nitrogen and oxygen atoms in total. The van der Waals surface area contributed by atoms with Crippen LogP contribution in [-0.2, 0) is 9.59 Å². The molecule has 20 heavy (non-hydrogen) atoms. The summed E-state index contributed by atoms with van der Waals surface area (Å²) in [4.78, 5) is 22.7. The Morgan fingerprint density at radius 2 is 1.85 bits per heavy atom. The van der Waals surface area contributed by atoms with Crippen LogP contribution in [0.15, 0.2) is 30.3 Å². The number of aliphatic carboxylic acids is 1. The van der Waals surface area contributed by atoms with Crippen molar-refractivity contribution in [2.45, 2.75) is 39.5 Å². The van der Waals surface area contributed by atoms with E-state index in [2.05, 4.69) is 24.4 Å². The number of rotatable bonds is 7. The van der Waals surface area contributed by atoms with Crippen molar-refractivity contribution in [3.8, 4) is 0 Å². The lowest BCUT2D eigenvalue weighted by Gasteiger charge is -2.18. The zero-order chi connectivity index (χ0) is 15.2. The van der Waals surface area contributed by atoms with Gasteiger partial charge in [0.1, 0.15) is 0 Å². The summed E-state index contributed by atoms with van der Waals surface area (Å²) < 4.78 is 0. The van der Waals surface area contributed by atoms with Gasteiger partial charge in [-0.15, -0.1) is 0 Å². The van der Waals surface area contributed by atoms with E-state index in [1.165, 1.54) is 5.56 Å². The number of nitrogens with one attached hydrogen (secondary N) is 1. The standard InChI is InChI=1S/C16H23NO3/c1-12(13-7-5-4-6-8-13)9-10-17-14(18)11-16(2,3)15(19)20/h4-8,12H,9-11H2,1-3H3,(H,17,18)(H,19,20). The minimum Gasteiger partial charge on any atom is -0.481 e. The first-order valence-electron chi connectivity index (χ1n) is 6.88. The number of carboxylic acids is 1. The summed E-state index contributed by atoms with van der Waals surface area (Å²) in [6, 6.07) is 10.1. The molecule has 4 heteroatoms. The van der Waals surface area contributed by atoms with Gasteiger partial charge in [0.05, 0.1) is 5.41 Å². The Labute approximate surface area is 120 Å². The average Bonchev–Trinajstić information content (AvgIpc) is 2.38. The summed E-state index contributed by atoms with van der Waals surface area (Å²) >= 11 is 0. The van der Waals surface area contributed by atoms with E-state index in [9.17, 15) is 9.59 Å². The topological polar surface area (TPSA) is 66.4 Å². The largest absolute Gasteiger partial charge is 0.481 e. The first-order valence-corrected chi connectivity index (χ1v) is 6.88. The summed E-state index contributed by atoms with van der Waals surface area (Å²) in [6.07, 6.45) is 0.839. The summed E-state index contributed by atoms with van der Waals surface area (Å²) in [5.74, 6) is -0.799. The second-order valence-electron chi connectivity index (χ2n) is 5.82. The predicted molar refractivity (Wildman–Crippen MR) is 78.5 cm³/mol. The number of carbonyl (C=O) groups is 2. The van der Waals surface area contributed by atoms with Gasteiger partial charge in [-0.1, -0.05) is 37.3 Å². The van der Waals surface area contributed by atoms with Crippen LogP contribution in [0.25, 0.3) is 0 Å². The Kier molecular flexibility index (Phi) is 5.74. The zero-order valence-electron chi connectivity index (χ0n) is 12.3. The van der Waals surface area contributed by atoms with Crippen molar-refractivity contribution in [3.63, 3.8) is 0 Å². The lowest BCUT2D eigenvalue weighted by atomic mass is 9.89. The minimum absolute atomic E-state index is 0.00203. The maximum absolute atomic E-state index is 11.7. The molecule has 0 saturated heterocycles. The van der Waals surface area contributed by atoms with Crippen LogP contribution in [0.1, 0.15) is 45.1 Å². The van der Waals surface area contributed by atoms with E-state index >= 15 is 0 Å². The highest BCUT2D eigenvalue weighted by Crippen LogP contribution is 2.20. The van der Waals surface area contributed by atoms with Crippen molar-refractivity contribution in [2.24, 2.45) is 5.41 Å². The van der Waals surface area contributed by atoms with Crippen LogP contribution in [0.5, 0.6) is 0 Å². The Balaban J connectivity index is 2.34. The molecular weight excluding hydrogens is 254 g/mol. The van der Waals surface area contributed by atoms with Crippen molar-refractivity contribution in [1.29, 1.82) is 0 Å². The average molecular weight is 277 g/mol. The molecule has 0 fully saturated rings. The molecule has 0 heterocycles. The molecule has 0 aliphatic rings. The first kappa shape index (κ1) is 16.2. The van der Waals surface area contributed by atoms with E-state index in [0.717, 1.165) is 6.42 Å². The molecule has 1 atom stereocenters. The second kappa shape index (κ2) is 7.08. The summed E-state index contributed by atoms with van der Waals surface area (Å²) in [6.45, 7) is 5.79. The fourth-order valence-corrected chi connectivity index (χ4v) is 1.92. The third-order valence-corrected chi connectivity index (χ3v) is 3.45. The van der Waals surface area contributed by atoms with Gasteiger partial charge in [0.25, 0.3) is 0 Å². The predicted octanol–water partition coefficient (Wildman–Crippen LogP) is 2.80. The lowest BCUT2D eigenvalue weighted by molar-refractivity contribution is -0.149. The van der Waals surface area contributed by atoms with Crippen LogP contribution in [-0.4, -0.2) is 23.5 Å². The van der Waals surface area contributed by atoms with E-state index in [-0.39, 0.29) is 12.3 Å². The molecule has 0 bridgehead atoms. The van der Waals surface area contributed by atoms with Crippen molar-refractivity contribution in [1.82, 2.24) is 5.32 Å². The van der Waals surface area contributed by atoms with Crippen molar-refractivity contribution in [2.75, 3.05) is 6.54 Å². The highest BCUT2D eigenvalue weighted by Gasteiger charge is 2.29. The molecule has 0 spiro atoms. The quantitative estimate of drug-likeness (QED) is 0.805. The van der Waals surface area contributed by atoms with Crippen LogP contribution in [0, 0.1) is 5.41 Å². The highest BCUT2D eigenvalue weighted by atomic mass is 16.4. The fraction of sp³-hybridized carbons (Fsp3) is 0.500. The van der Waals surface area contributed by atoms with Crippen molar-refractivity contribution >= 4 is 11.9 Å². The molecule has 1 aromatic rings. The number of amides is 1. The Morgan fingerprint density at radius 3 is 2.40 bits per heavy atom. The zero-order valence-corrected chi connectivity index (χ0v) is 12.3. The van der Waals surface area contributed by atoms with Crippen LogP contribution in [0.2, 0.25) is 0 Å². The Hall–Kier alpha value is -1.84. The molecule has 110 valence electrons. The summed E-state index contributed by atoms with van der Waals surface area (Å²) in [5, 5.41) is 11.8. The number of benzene rings is 1. The van der Waals surface area contributed by atoms with E-state index < -0.39 is 11.4 Å². The van der Waals surface area contributed by atoms with Gasteiger partial charge in [-0.05, 0) is 31.7 Å². The maximum atomic E-state index is 11.7. The van der Waals surface area contributed by atoms with E-state index in [0.29, 0.717) is 12.5 Å². The Morgan fingerprint density at radius 1 is 1.25 bits per heavy atom. The van der Waals surface area contributed by atoms with Crippen LogP contribution in [0.4, 0.5) is 0 Å². The van der Waals surface area contributed by atoms with E-state index in [1.54, 1.807) is 13.8 Å². The molecular formula is C16H23NO3. The number of carboxylic acid groups (broad SMARTS) is 1. The van der Waals surface area contributed by atoms with Crippen molar-refractivity contribution in [3.05, 3.63) is 35.9 Å². The molecule has 1 amide bonds. The fourth-order valence-electron chi connectivity index (χ4n) is 1.92. The Bertz CT molecular complexity index is 454. The molecule has 0 radical (unpaired) electrons. The summed E-state index contributed by atoms with van der Waals surface area (Å²) in [5.41, 5.74) is 0.224. The monoisotopic (exact) mass is 277 g/mol. The second-order valence-corrected chi connectivity index (χ2v) is 5.82. The molecule has 1 rings (SSSR count). The number of hydrogen-bond acceptors (Lipinski definition) is 2. The number of carbonyl (C=O) groups excluding carboxylic acids is 1. The van der Waals surface area contributed by atoms with E-state index in [1.807, 2.05) is 18.2 Å². The van der Waals surface area contributed by atoms with Gasteiger partial charge in [0.15, 0.2) is 0 Å². The third-order valence-electron chi connectivity index (χ3n) is 3.45. The van der Waals surface area contributed by atoms with Gasteiger partial charge in [-0.25, -0.2) is 0 Å². The normalized spacial score (nSPS) is 12.8. The maximum Gasteiger partial charge on any atom is 0.309 e. The molecule has 1 aromatic carbocycles. The van der Waals surface area contributed by atoms with Gasteiger partial charge in [0.2, 0.25) is 5.91 Å². The van der Waals surface area contributed by atoms with Crippen LogP contribution >= 0.6 is 0 Å². The lowest BCUT2D eigenvalue weighted by Crippen LogP contribution is -2.34. The molecule has 2 N–H and O–H groups in total. The smallest absolute Gasteiger partial charge is 0.309 e. The van der Waals surface area contributed by atoms with Crippen molar-refractivity contribution < 1.29 is 14.7 Å². The summed E-state index contributed by atoms with van der Waals surface area (Å²) in [7, 11) is 0. The minimum atomic E-state index is -1.02. The van der Waals surface area contributed by atoms with E-state index in [4.69, 9.17) is 5.11 Å². The first-order chi connectivity index (χ1) is 9.33. The SMILES string of the molecule is CC(CCNC(=O)CC(C)(C)C(=O)O)c1ccccc1. The molecule has 0 aliphatic carbocycles. The highest BCUT2D eigenvalue weighted by molar-refractivity contribution is 5.84. The van der Waals surface area contributed by atoms with Gasteiger partial charge in [-0.3, -0.25) is 9.59 Å². The van der Waals surface area contributed by atoms with Crippen LogP contribution in [0.3, 0.4) is 0 Å². The van der Waals surface area contributed by atoms with Gasteiger partial charge < -0.3 is 10.4 Å². The molecule has 0 aliphatic heterocycles. The molecule has 0 saturated carbocycles.